The first-order chi connectivity index (χ1) is 3.85. The van der Waals surface area contributed by atoms with E-state index >= 15 is 0 Å². The van der Waals surface area contributed by atoms with E-state index in [0.717, 1.165) is 5.96 Å². The van der Waals surface area contributed by atoms with Crippen LogP contribution in [0.2, 0.25) is 0 Å². The Morgan fingerprint density at radius 1 is 1.75 bits per heavy atom. The second kappa shape index (κ2) is 4.18. The third-order valence-corrected chi connectivity index (χ3v) is 0.699. The number of nitrogens with one attached hydrogen (secondary N) is 2. The molecule has 0 bridgehead atoms. The smallest absolute Gasteiger partial charge is 0.194 e. The van der Waals surface area contributed by atoms with E-state index in [1.54, 1.807) is 20.3 Å². The summed E-state index contributed by atoms with van der Waals surface area (Å²) in [6.45, 7) is 3.46. The van der Waals surface area contributed by atoms with Crippen LogP contribution in [0.25, 0.3) is 0 Å². The van der Waals surface area contributed by atoms with Crippen LogP contribution in [0, 0.1) is 0 Å². The zero-order valence-corrected chi connectivity index (χ0v) is 5.23. The minimum Gasteiger partial charge on any atom is -0.359 e. The van der Waals surface area contributed by atoms with Crippen LogP contribution < -0.4 is 10.6 Å². The van der Waals surface area contributed by atoms with Gasteiger partial charge < -0.3 is 10.6 Å². The summed E-state index contributed by atoms with van der Waals surface area (Å²) in [7, 11) is 3.49. The predicted octanol–water partition coefficient (Wildman–Crippen LogP) is -0.0753. The van der Waals surface area contributed by atoms with Crippen LogP contribution in [-0.2, 0) is 0 Å². The summed E-state index contributed by atoms with van der Waals surface area (Å²) in [6.07, 6.45) is 1.57. The van der Waals surface area contributed by atoms with Crippen LogP contribution in [-0.4, -0.2) is 20.1 Å². The molecule has 0 aliphatic heterocycles. The lowest BCUT2D eigenvalue weighted by atomic mass is 10.8. The maximum atomic E-state index is 3.82. The summed E-state index contributed by atoms with van der Waals surface area (Å²) in [5.41, 5.74) is 0. The highest BCUT2D eigenvalue weighted by atomic mass is 15.1. The Kier molecular flexibility index (Phi) is 3.66. The molecule has 0 aliphatic carbocycles. The normalized spacial score (nSPS) is 10.5. The topological polar surface area (TPSA) is 36.4 Å². The summed E-state index contributed by atoms with van der Waals surface area (Å²) >= 11 is 0. The van der Waals surface area contributed by atoms with Crippen molar-refractivity contribution in [2.24, 2.45) is 4.99 Å². The highest BCUT2D eigenvalue weighted by molar-refractivity contribution is 5.80. The number of rotatable bonds is 1. The molecule has 2 N–H and O–H groups in total. The third-order valence-electron chi connectivity index (χ3n) is 0.699. The summed E-state index contributed by atoms with van der Waals surface area (Å²) in [5.74, 6) is 0.722. The van der Waals surface area contributed by atoms with Gasteiger partial charge in [-0.3, -0.25) is 4.99 Å². The fourth-order valence-corrected chi connectivity index (χ4v) is 0.345. The molecule has 0 heterocycles. The van der Waals surface area contributed by atoms with E-state index in [0.29, 0.717) is 0 Å². The zero-order valence-electron chi connectivity index (χ0n) is 5.23. The van der Waals surface area contributed by atoms with Gasteiger partial charge in [0.15, 0.2) is 5.96 Å². The van der Waals surface area contributed by atoms with Crippen LogP contribution in [0.4, 0.5) is 0 Å². The lowest BCUT2D eigenvalue weighted by Gasteiger charge is -2.00. The molecule has 8 heavy (non-hydrogen) atoms. The number of hydrogen-bond donors (Lipinski definition) is 2. The molecule has 0 aliphatic rings. The Morgan fingerprint density at radius 2 is 2.38 bits per heavy atom. The third kappa shape index (κ3) is 2.23. The molecule has 0 fully saturated rings. The van der Waals surface area contributed by atoms with Gasteiger partial charge in [-0.05, 0) is 6.20 Å². The molecule has 3 nitrogen and oxygen atoms in total. The molecule has 46 valence electrons. The fourth-order valence-electron chi connectivity index (χ4n) is 0.345. The minimum atomic E-state index is 0.722. The molecule has 0 unspecified atom stereocenters. The Bertz CT molecular complexity index is 95.8. The van der Waals surface area contributed by atoms with Gasteiger partial charge in [0, 0.05) is 14.1 Å². The quantitative estimate of drug-likeness (QED) is 0.369. The molecule has 0 aromatic heterocycles. The molecule has 0 amide bonds. The molecule has 3 heteroatoms. The second-order valence-corrected chi connectivity index (χ2v) is 1.17. The molecule has 0 radical (unpaired) electrons. The summed E-state index contributed by atoms with van der Waals surface area (Å²) in [4.78, 5) is 3.82. The molecular formula is C5H11N3. The van der Waals surface area contributed by atoms with Gasteiger partial charge in [-0.1, -0.05) is 6.58 Å². The molecule has 0 aromatic rings. The minimum absolute atomic E-state index is 0.722. The van der Waals surface area contributed by atoms with Gasteiger partial charge in [-0.15, -0.1) is 0 Å². The van der Waals surface area contributed by atoms with E-state index in [-0.39, 0.29) is 0 Å². The van der Waals surface area contributed by atoms with Gasteiger partial charge in [0.1, 0.15) is 0 Å². The van der Waals surface area contributed by atoms with Crippen molar-refractivity contribution in [2.75, 3.05) is 14.1 Å². The van der Waals surface area contributed by atoms with Crippen molar-refractivity contribution in [3.05, 3.63) is 12.8 Å². The van der Waals surface area contributed by atoms with Gasteiger partial charge in [0.05, 0.1) is 0 Å². The van der Waals surface area contributed by atoms with Crippen LogP contribution in [0.3, 0.4) is 0 Å². The van der Waals surface area contributed by atoms with Crippen LogP contribution in [0.1, 0.15) is 0 Å². The van der Waals surface area contributed by atoms with E-state index in [1.807, 2.05) is 0 Å². The fraction of sp³-hybridized carbons (Fsp3) is 0.400. The standard InChI is InChI=1S/C5H11N3/c1-4-8-5(6-2)7-3/h4H,1H2,2-3H3,(H2,6,7,8). The lowest BCUT2D eigenvalue weighted by molar-refractivity contribution is 1.05. The van der Waals surface area contributed by atoms with Crippen LogP contribution in [0.5, 0.6) is 0 Å². The van der Waals surface area contributed by atoms with Gasteiger partial charge >= 0.3 is 0 Å². The van der Waals surface area contributed by atoms with E-state index in [1.165, 1.54) is 0 Å². The first kappa shape index (κ1) is 7.01. The number of hydrogen-bond acceptors (Lipinski definition) is 1. The SMILES string of the molecule is C=CNC(=NC)NC. The molecule has 0 saturated heterocycles. The monoisotopic (exact) mass is 113 g/mol. The number of guanidine groups is 1. The Labute approximate surface area is 49.5 Å². The van der Waals surface area contributed by atoms with Crippen molar-refractivity contribution in [3.63, 3.8) is 0 Å². The maximum absolute atomic E-state index is 3.82. The Balaban J connectivity index is 3.53. The van der Waals surface area contributed by atoms with Gasteiger partial charge in [0.2, 0.25) is 0 Å². The second-order valence-electron chi connectivity index (χ2n) is 1.17. The molecular weight excluding hydrogens is 102 g/mol. The van der Waals surface area contributed by atoms with Crippen molar-refractivity contribution >= 4 is 5.96 Å². The van der Waals surface area contributed by atoms with E-state index in [4.69, 9.17) is 0 Å². The summed E-state index contributed by atoms with van der Waals surface area (Å²) < 4.78 is 0. The van der Waals surface area contributed by atoms with E-state index in [2.05, 4.69) is 22.2 Å². The molecule has 0 rings (SSSR count). The van der Waals surface area contributed by atoms with Crippen molar-refractivity contribution in [1.29, 1.82) is 0 Å². The van der Waals surface area contributed by atoms with Crippen LogP contribution in [0.15, 0.2) is 17.8 Å². The van der Waals surface area contributed by atoms with Crippen molar-refractivity contribution in [1.82, 2.24) is 10.6 Å². The number of aliphatic imine (C=N–C) groups is 1. The first-order valence-electron chi connectivity index (χ1n) is 2.37. The highest BCUT2D eigenvalue weighted by Crippen LogP contribution is 1.60. The van der Waals surface area contributed by atoms with Gasteiger partial charge in [0.25, 0.3) is 0 Å². The summed E-state index contributed by atoms with van der Waals surface area (Å²) in [6, 6.07) is 0. The Morgan fingerprint density at radius 3 is 2.50 bits per heavy atom. The molecule has 0 spiro atoms. The largest absolute Gasteiger partial charge is 0.359 e. The number of nitrogens with zero attached hydrogens (tertiary/aromatic N) is 1. The highest BCUT2D eigenvalue weighted by Gasteiger charge is 1.81. The van der Waals surface area contributed by atoms with Gasteiger partial charge in [-0.25, -0.2) is 0 Å². The zero-order chi connectivity index (χ0) is 6.41. The predicted molar refractivity (Wildman–Crippen MR) is 35.8 cm³/mol. The summed E-state index contributed by atoms with van der Waals surface area (Å²) in [5, 5.41) is 5.60. The van der Waals surface area contributed by atoms with Crippen molar-refractivity contribution in [3.8, 4) is 0 Å². The molecule has 0 saturated carbocycles. The van der Waals surface area contributed by atoms with Gasteiger partial charge in [-0.2, -0.15) is 0 Å². The maximum Gasteiger partial charge on any atom is 0.194 e. The van der Waals surface area contributed by atoms with E-state index < -0.39 is 0 Å². The molecule has 0 aromatic carbocycles. The van der Waals surface area contributed by atoms with Crippen LogP contribution >= 0.6 is 0 Å². The lowest BCUT2D eigenvalue weighted by Crippen LogP contribution is -2.30. The average Bonchev–Trinajstić information content (AvgIpc) is 1.83. The molecule has 0 atom stereocenters. The Hall–Kier alpha value is -0.990. The van der Waals surface area contributed by atoms with E-state index in [9.17, 15) is 0 Å². The average molecular weight is 113 g/mol. The van der Waals surface area contributed by atoms with Crippen molar-refractivity contribution < 1.29 is 0 Å². The van der Waals surface area contributed by atoms with Crippen molar-refractivity contribution in [2.45, 2.75) is 0 Å². The first-order valence-corrected chi connectivity index (χ1v) is 2.37.